The molecule has 1 amide bonds. The van der Waals surface area contributed by atoms with E-state index in [1.165, 1.54) is 0 Å². The van der Waals surface area contributed by atoms with Crippen molar-refractivity contribution < 1.29 is 23.4 Å². The summed E-state index contributed by atoms with van der Waals surface area (Å²) in [4.78, 5) is 27.7. The molecule has 0 aliphatic carbocycles. The quantitative estimate of drug-likeness (QED) is 0.625. The average molecular weight is 340 g/mol. The predicted octanol–water partition coefficient (Wildman–Crippen LogP) is 1.58. The Morgan fingerprint density at radius 3 is 2.87 bits per heavy atom. The molecule has 1 aromatic heterocycles. The number of carbonyl (C=O) groups excluding carboxylic acids is 2. The van der Waals surface area contributed by atoms with Crippen LogP contribution in [0.15, 0.2) is 24.5 Å². The fourth-order valence-electron chi connectivity index (χ4n) is 2.04. The van der Waals surface area contributed by atoms with Crippen molar-refractivity contribution in [2.24, 2.45) is 5.41 Å². The van der Waals surface area contributed by atoms with Gasteiger partial charge in [-0.05, 0) is 17.7 Å². The SMILES string of the molecule is CC1(C)COPO[C@H]1C(=O)NCCC(=O)OCc1ccncc1. The van der Waals surface area contributed by atoms with Gasteiger partial charge in [0.1, 0.15) is 12.7 Å². The van der Waals surface area contributed by atoms with Gasteiger partial charge in [0.05, 0.1) is 13.0 Å². The lowest BCUT2D eigenvalue weighted by atomic mass is 9.87. The largest absolute Gasteiger partial charge is 0.461 e. The van der Waals surface area contributed by atoms with Crippen molar-refractivity contribution in [1.29, 1.82) is 0 Å². The summed E-state index contributed by atoms with van der Waals surface area (Å²) in [5.74, 6) is -0.594. The summed E-state index contributed by atoms with van der Waals surface area (Å²) in [7, 11) is -0.132. The van der Waals surface area contributed by atoms with Gasteiger partial charge in [-0.3, -0.25) is 14.6 Å². The maximum Gasteiger partial charge on any atom is 0.307 e. The topological polar surface area (TPSA) is 86.8 Å². The van der Waals surface area contributed by atoms with E-state index in [1.807, 2.05) is 13.8 Å². The zero-order valence-corrected chi connectivity index (χ0v) is 14.2. The van der Waals surface area contributed by atoms with Crippen molar-refractivity contribution in [3.63, 3.8) is 0 Å². The molecule has 2 heterocycles. The van der Waals surface area contributed by atoms with Crippen LogP contribution in [0.25, 0.3) is 0 Å². The first-order chi connectivity index (χ1) is 11.0. The number of hydrogen-bond acceptors (Lipinski definition) is 6. The normalized spacial score (nSPS) is 20.9. The Kier molecular flexibility index (Phi) is 6.45. The van der Waals surface area contributed by atoms with E-state index >= 15 is 0 Å². The number of rotatable bonds is 6. The third-order valence-electron chi connectivity index (χ3n) is 3.39. The van der Waals surface area contributed by atoms with Gasteiger partial charge in [0.25, 0.3) is 0 Å². The molecule has 1 N–H and O–H groups in total. The fourth-order valence-corrected chi connectivity index (χ4v) is 3.06. The van der Waals surface area contributed by atoms with E-state index < -0.39 is 11.5 Å². The van der Waals surface area contributed by atoms with Crippen molar-refractivity contribution in [1.82, 2.24) is 10.3 Å². The zero-order valence-electron chi connectivity index (χ0n) is 13.2. The number of aromatic nitrogens is 1. The Hall–Kier alpha value is -1.56. The van der Waals surface area contributed by atoms with Crippen LogP contribution in [0.5, 0.6) is 0 Å². The van der Waals surface area contributed by atoms with Crippen molar-refractivity contribution in [2.75, 3.05) is 13.2 Å². The number of carbonyl (C=O) groups is 2. The van der Waals surface area contributed by atoms with Crippen LogP contribution in [-0.2, 0) is 30.0 Å². The third kappa shape index (κ3) is 5.53. The Morgan fingerprint density at radius 1 is 1.43 bits per heavy atom. The van der Waals surface area contributed by atoms with Crippen molar-refractivity contribution in [3.05, 3.63) is 30.1 Å². The Balaban J connectivity index is 1.67. The van der Waals surface area contributed by atoms with Gasteiger partial charge in [0, 0.05) is 24.4 Å². The van der Waals surface area contributed by atoms with Crippen LogP contribution >= 0.6 is 9.03 Å². The zero-order chi connectivity index (χ0) is 16.7. The number of nitrogens with zero attached hydrogens (tertiary/aromatic N) is 1. The van der Waals surface area contributed by atoms with Crippen LogP contribution in [-0.4, -0.2) is 36.1 Å². The molecule has 23 heavy (non-hydrogen) atoms. The second kappa shape index (κ2) is 8.34. The molecule has 8 heteroatoms. The first-order valence-corrected chi connectivity index (χ1v) is 8.15. The molecule has 126 valence electrons. The summed E-state index contributed by atoms with van der Waals surface area (Å²) in [6.07, 6.45) is 2.82. The number of ether oxygens (including phenoxy) is 1. The van der Waals surface area contributed by atoms with Gasteiger partial charge in [-0.1, -0.05) is 13.8 Å². The maximum absolute atomic E-state index is 12.1. The van der Waals surface area contributed by atoms with Crippen LogP contribution in [0, 0.1) is 5.41 Å². The van der Waals surface area contributed by atoms with Gasteiger partial charge in [-0.15, -0.1) is 0 Å². The predicted molar refractivity (Wildman–Crippen MR) is 84.6 cm³/mol. The fraction of sp³-hybridized carbons (Fsp3) is 0.533. The van der Waals surface area contributed by atoms with E-state index in [9.17, 15) is 9.59 Å². The van der Waals surface area contributed by atoms with Crippen LogP contribution in [0.4, 0.5) is 0 Å². The van der Waals surface area contributed by atoms with E-state index in [2.05, 4.69) is 10.3 Å². The summed E-state index contributed by atoms with van der Waals surface area (Å²) in [6.45, 7) is 4.70. The van der Waals surface area contributed by atoms with Crippen molar-refractivity contribution >= 4 is 20.9 Å². The highest BCUT2D eigenvalue weighted by atomic mass is 31.1. The number of amides is 1. The standard InChI is InChI=1S/C15H21N2O5P/c1-15(2)10-21-23-22-13(15)14(19)17-8-5-12(18)20-9-11-3-6-16-7-4-11/h3-4,6-7,13,23H,5,8-10H2,1-2H3,(H,17,19)/t13-/m0/s1. The smallest absolute Gasteiger partial charge is 0.307 e. The first kappa shape index (κ1) is 17.8. The minimum atomic E-state index is -0.567. The lowest BCUT2D eigenvalue weighted by molar-refractivity contribution is -0.145. The van der Waals surface area contributed by atoms with Crippen LogP contribution in [0.3, 0.4) is 0 Å². The summed E-state index contributed by atoms with van der Waals surface area (Å²) < 4.78 is 15.7. The summed E-state index contributed by atoms with van der Waals surface area (Å²) in [6, 6.07) is 3.56. The molecule has 1 aliphatic heterocycles. The van der Waals surface area contributed by atoms with Crippen LogP contribution in [0.1, 0.15) is 25.8 Å². The molecule has 1 aliphatic rings. The molecule has 2 atom stereocenters. The first-order valence-electron chi connectivity index (χ1n) is 7.34. The lowest BCUT2D eigenvalue weighted by Gasteiger charge is -2.36. The maximum atomic E-state index is 12.1. The molecule has 0 saturated carbocycles. The molecular formula is C15H21N2O5P. The van der Waals surface area contributed by atoms with Crippen molar-refractivity contribution in [3.8, 4) is 0 Å². The van der Waals surface area contributed by atoms with E-state index in [4.69, 9.17) is 13.8 Å². The molecule has 1 aromatic rings. The molecule has 7 nitrogen and oxygen atoms in total. The third-order valence-corrected chi connectivity index (χ3v) is 3.99. The molecular weight excluding hydrogens is 319 g/mol. The number of nitrogens with one attached hydrogen (secondary N) is 1. The Bertz CT molecular complexity index is 538. The average Bonchev–Trinajstić information content (AvgIpc) is 2.53. The molecule has 0 radical (unpaired) electrons. The number of hydrogen-bond donors (Lipinski definition) is 1. The van der Waals surface area contributed by atoms with Gasteiger partial charge in [0.2, 0.25) is 5.91 Å². The summed E-state index contributed by atoms with van der Waals surface area (Å²) in [5, 5.41) is 2.71. The number of esters is 1. The second-order valence-electron chi connectivity index (χ2n) is 5.92. The van der Waals surface area contributed by atoms with Gasteiger partial charge in [-0.25, -0.2) is 0 Å². The van der Waals surface area contributed by atoms with E-state index in [-0.39, 0.29) is 40.5 Å². The Labute approximate surface area is 137 Å². The van der Waals surface area contributed by atoms with Crippen molar-refractivity contribution in [2.45, 2.75) is 33.0 Å². The monoisotopic (exact) mass is 340 g/mol. The highest BCUT2D eigenvalue weighted by Gasteiger charge is 2.39. The minimum absolute atomic E-state index is 0.114. The van der Waals surface area contributed by atoms with Gasteiger partial charge in [-0.2, -0.15) is 0 Å². The highest BCUT2D eigenvalue weighted by molar-refractivity contribution is 7.26. The molecule has 0 spiro atoms. The molecule has 1 unspecified atom stereocenters. The highest BCUT2D eigenvalue weighted by Crippen LogP contribution is 2.37. The minimum Gasteiger partial charge on any atom is -0.461 e. The van der Waals surface area contributed by atoms with Crippen LogP contribution < -0.4 is 5.32 Å². The molecule has 1 saturated heterocycles. The van der Waals surface area contributed by atoms with E-state index in [0.717, 1.165) is 5.56 Å². The van der Waals surface area contributed by atoms with Gasteiger partial charge in [0.15, 0.2) is 9.03 Å². The Morgan fingerprint density at radius 2 is 2.17 bits per heavy atom. The van der Waals surface area contributed by atoms with E-state index in [1.54, 1.807) is 24.5 Å². The second-order valence-corrected chi connectivity index (χ2v) is 6.61. The van der Waals surface area contributed by atoms with Gasteiger partial charge < -0.3 is 19.1 Å². The molecule has 0 aromatic carbocycles. The summed E-state index contributed by atoms with van der Waals surface area (Å²) in [5.41, 5.74) is 0.479. The summed E-state index contributed by atoms with van der Waals surface area (Å²) >= 11 is 0. The van der Waals surface area contributed by atoms with Gasteiger partial charge >= 0.3 is 5.97 Å². The number of pyridine rings is 1. The molecule has 0 bridgehead atoms. The van der Waals surface area contributed by atoms with E-state index in [0.29, 0.717) is 6.61 Å². The molecule has 2 rings (SSSR count). The molecule has 1 fully saturated rings. The lowest BCUT2D eigenvalue weighted by Crippen LogP contribution is -2.48. The van der Waals surface area contributed by atoms with Crippen LogP contribution in [0.2, 0.25) is 0 Å².